The van der Waals surface area contributed by atoms with Crippen molar-refractivity contribution in [2.24, 2.45) is 0 Å². The Morgan fingerprint density at radius 3 is 2.67 bits per heavy atom. The summed E-state index contributed by atoms with van der Waals surface area (Å²) in [5.41, 5.74) is 1.77. The maximum Gasteiger partial charge on any atom is 0.266 e. The van der Waals surface area contributed by atoms with Gasteiger partial charge in [-0.2, -0.15) is 0 Å². The summed E-state index contributed by atoms with van der Waals surface area (Å²) in [7, 11) is 0. The molecule has 0 aliphatic carbocycles. The number of likely N-dealkylation sites (tertiary alicyclic amines) is 1. The number of piperidine rings is 1. The van der Waals surface area contributed by atoms with Crippen LogP contribution in [-0.4, -0.2) is 45.8 Å². The van der Waals surface area contributed by atoms with Crippen LogP contribution in [-0.2, 0) is 0 Å². The molecule has 3 aromatic rings. The lowest BCUT2D eigenvalue weighted by molar-refractivity contribution is 0.205. The van der Waals surface area contributed by atoms with Gasteiger partial charge in [0.15, 0.2) is 0 Å². The summed E-state index contributed by atoms with van der Waals surface area (Å²) in [4.78, 5) is 20.2. The summed E-state index contributed by atoms with van der Waals surface area (Å²) in [6, 6.07) is 10.7. The van der Waals surface area contributed by atoms with Gasteiger partial charge in [0, 0.05) is 12.6 Å². The standard InChI is InChI=1S/C24H29N3O3/c1-17-8-6-9-20-23(17)24(29)27(18(2)25-20)21-11-10-19(16-22(21)28)30-15-7-14-26-12-4-3-5-13-26/h6,8-11,16,28H,3-5,7,12-15H2,1-2H3. The topological polar surface area (TPSA) is 67.6 Å². The number of aromatic nitrogens is 2. The van der Waals surface area contributed by atoms with E-state index in [1.165, 1.54) is 36.9 Å². The number of benzene rings is 2. The van der Waals surface area contributed by atoms with Gasteiger partial charge in [-0.05, 0) is 70.0 Å². The predicted octanol–water partition coefficient (Wildman–Crippen LogP) is 3.96. The van der Waals surface area contributed by atoms with Crippen molar-refractivity contribution >= 4 is 10.9 Å². The number of hydrogen-bond acceptors (Lipinski definition) is 5. The molecule has 4 rings (SSSR count). The van der Waals surface area contributed by atoms with Gasteiger partial charge in [-0.3, -0.25) is 9.36 Å². The summed E-state index contributed by atoms with van der Waals surface area (Å²) in [6.07, 6.45) is 4.87. The number of hydrogen-bond donors (Lipinski definition) is 1. The van der Waals surface area contributed by atoms with Gasteiger partial charge < -0.3 is 14.7 Å². The van der Waals surface area contributed by atoms with Gasteiger partial charge in [0.1, 0.15) is 17.3 Å². The second kappa shape index (κ2) is 8.88. The van der Waals surface area contributed by atoms with Crippen LogP contribution in [0.25, 0.3) is 16.6 Å². The molecule has 0 unspecified atom stereocenters. The molecule has 158 valence electrons. The van der Waals surface area contributed by atoms with Crippen LogP contribution in [0, 0.1) is 13.8 Å². The van der Waals surface area contributed by atoms with Crippen molar-refractivity contribution < 1.29 is 9.84 Å². The number of rotatable bonds is 6. The minimum atomic E-state index is -0.180. The highest BCUT2D eigenvalue weighted by Gasteiger charge is 2.15. The molecule has 0 spiro atoms. The van der Waals surface area contributed by atoms with E-state index in [0.717, 1.165) is 18.5 Å². The maximum atomic E-state index is 13.1. The lowest BCUT2D eigenvalue weighted by atomic mass is 10.1. The second-order valence-electron chi connectivity index (χ2n) is 8.02. The van der Waals surface area contributed by atoms with Gasteiger partial charge in [0.05, 0.1) is 23.2 Å². The first kappa shape index (κ1) is 20.4. The highest BCUT2D eigenvalue weighted by molar-refractivity contribution is 5.81. The molecule has 1 saturated heterocycles. The molecule has 0 amide bonds. The van der Waals surface area contributed by atoms with Crippen molar-refractivity contribution in [3.63, 3.8) is 0 Å². The minimum absolute atomic E-state index is 0.00321. The number of phenols is 1. The number of fused-ring (bicyclic) bond motifs is 1. The van der Waals surface area contributed by atoms with Crippen molar-refractivity contribution in [2.45, 2.75) is 39.5 Å². The second-order valence-corrected chi connectivity index (χ2v) is 8.02. The number of ether oxygens (including phenoxy) is 1. The van der Waals surface area contributed by atoms with E-state index in [-0.39, 0.29) is 11.3 Å². The number of aromatic hydroxyl groups is 1. The molecule has 1 fully saturated rings. The fourth-order valence-electron chi connectivity index (χ4n) is 4.23. The van der Waals surface area contributed by atoms with E-state index in [4.69, 9.17) is 4.74 Å². The van der Waals surface area contributed by atoms with Crippen LogP contribution in [0.15, 0.2) is 41.2 Å². The molecule has 1 N–H and O–H groups in total. The van der Waals surface area contributed by atoms with Crippen LogP contribution >= 0.6 is 0 Å². The van der Waals surface area contributed by atoms with Crippen LogP contribution < -0.4 is 10.3 Å². The Hall–Kier alpha value is -2.86. The molecular weight excluding hydrogens is 378 g/mol. The average molecular weight is 408 g/mol. The molecular formula is C24H29N3O3. The third kappa shape index (κ3) is 4.19. The summed E-state index contributed by atoms with van der Waals surface area (Å²) < 4.78 is 7.29. The lowest BCUT2D eigenvalue weighted by Gasteiger charge is -2.26. The van der Waals surface area contributed by atoms with E-state index in [9.17, 15) is 9.90 Å². The van der Waals surface area contributed by atoms with Crippen LogP contribution in [0.2, 0.25) is 0 Å². The minimum Gasteiger partial charge on any atom is -0.506 e. The first-order valence-corrected chi connectivity index (χ1v) is 10.7. The monoisotopic (exact) mass is 407 g/mol. The average Bonchev–Trinajstić information content (AvgIpc) is 2.73. The molecule has 0 atom stereocenters. The van der Waals surface area contributed by atoms with E-state index in [1.807, 2.05) is 25.1 Å². The highest BCUT2D eigenvalue weighted by Crippen LogP contribution is 2.27. The lowest BCUT2D eigenvalue weighted by Crippen LogP contribution is -2.31. The molecule has 2 heterocycles. The molecule has 0 radical (unpaired) electrons. The molecule has 2 aromatic carbocycles. The molecule has 1 aliphatic heterocycles. The molecule has 1 aliphatic rings. The van der Waals surface area contributed by atoms with Crippen LogP contribution in [0.4, 0.5) is 0 Å². The number of aryl methyl sites for hydroxylation is 2. The van der Waals surface area contributed by atoms with Crippen LogP contribution in [0.1, 0.15) is 37.1 Å². The molecule has 6 heteroatoms. The predicted molar refractivity (Wildman–Crippen MR) is 119 cm³/mol. The zero-order chi connectivity index (χ0) is 21.1. The third-order valence-corrected chi connectivity index (χ3v) is 5.80. The van der Waals surface area contributed by atoms with Crippen molar-refractivity contribution in [2.75, 3.05) is 26.2 Å². The Morgan fingerprint density at radius 1 is 1.10 bits per heavy atom. The Bertz CT molecular complexity index is 1100. The number of nitrogens with zero attached hydrogens (tertiary/aromatic N) is 3. The van der Waals surface area contributed by atoms with Crippen molar-refractivity contribution in [1.29, 1.82) is 0 Å². The van der Waals surface area contributed by atoms with E-state index >= 15 is 0 Å². The van der Waals surface area contributed by atoms with E-state index in [2.05, 4.69) is 9.88 Å². The van der Waals surface area contributed by atoms with Crippen LogP contribution in [0.3, 0.4) is 0 Å². The highest BCUT2D eigenvalue weighted by atomic mass is 16.5. The summed E-state index contributed by atoms with van der Waals surface area (Å²) in [5.74, 6) is 1.14. The Balaban J connectivity index is 1.51. The van der Waals surface area contributed by atoms with Crippen molar-refractivity contribution in [3.8, 4) is 17.2 Å². The molecule has 30 heavy (non-hydrogen) atoms. The van der Waals surface area contributed by atoms with Gasteiger partial charge in [-0.1, -0.05) is 18.6 Å². The van der Waals surface area contributed by atoms with Gasteiger partial charge in [-0.15, -0.1) is 0 Å². The van der Waals surface area contributed by atoms with Crippen LogP contribution in [0.5, 0.6) is 11.5 Å². The van der Waals surface area contributed by atoms with Gasteiger partial charge >= 0.3 is 0 Å². The summed E-state index contributed by atoms with van der Waals surface area (Å²) in [5, 5.41) is 11.2. The number of phenolic OH excluding ortho intramolecular Hbond substituents is 1. The molecule has 0 saturated carbocycles. The normalized spacial score (nSPS) is 14.9. The van der Waals surface area contributed by atoms with E-state index in [1.54, 1.807) is 25.1 Å². The largest absolute Gasteiger partial charge is 0.506 e. The fourth-order valence-corrected chi connectivity index (χ4v) is 4.23. The molecule has 6 nitrogen and oxygen atoms in total. The Labute approximate surface area is 176 Å². The Morgan fingerprint density at radius 2 is 1.90 bits per heavy atom. The molecule has 0 bridgehead atoms. The first-order chi connectivity index (χ1) is 14.5. The molecule has 1 aromatic heterocycles. The maximum absolute atomic E-state index is 13.1. The van der Waals surface area contributed by atoms with Gasteiger partial charge in [0.25, 0.3) is 5.56 Å². The zero-order valence-electron chi connectivity index (χ0n) is 17.7. The van der Waals surface area contributed by atoms with E-state index in [0.29, 0.717) is 34.8 Å². The van der Waals surface area contributed by atoms with E-state index < -0.39 is 0 Å². The first-order valence-electron chi connectivity index (χ1n) is 10.7. The van der Waals surface area contributed by atoms with Crippen molar-refractivity contribution in [3.05, 3.63) is 58.1 Å². The van der Waals surface area contributed by atoms with Gasteiger partial charge in [-0.25, -0.2) is 4.98 Å². The van der Waals surface area contributed by atoms with Crippen molar-refractivity contribution in [1.82, 2.24) is 14.5 Å². The summed E-state index contributed by atoms with van der Waals surface area (Å²) in [6.45, 7) is 7.68. The van der Waals surface area contributed by atoms with Gasteiger partial charge in [0.2, 0.25) is 0 Å². The fraction of sp³-hybridized carbons (Fsp3) is 0.417. The SMILES string of the molecule is Cc1cccc2nc(C)n(-c3ccc(OCCCN4CCCCC4)cc3O)c(=O)c12. The third-order valence-electron chi connectivity index (χ3n) is 5.80. The smallest absolute Gasteiger partial charge is 0.266 e. The zero-order valence-corrected chi connectivity index (χ0v) is 17.7. The Kier molecular flexibility index (Phi) is 6.04. The summed E-state index contributed by atoms with van der Waals surface area (Å²) >= 11 is 0. The quantitative estimate of drug-likeness (QED) is 0.627.